The number of aromatic nitrogens is 3. The summed E-state index contributed by atoms with van der Waals surface area (Å²) in [7, 11) is 0. The number of esters is 1. The van der Waals surface area contributed by atoms with Gasteiger partial charge in [-0.15, -0.1) is 10.2 Å². The van der Waals surface area contributed by atoms with Crippen molar-refractivity contribution in [1.82, 2.24) is 15.2 Å². The van der Waals surface area contributed by atoms with Crippen LogP contribution in [0.4, 0.5) is 13.2 Å². The van der Waals surface area contributed by atoms with Gasteiger partial charge in [-0.25, -0.2) is 4.79 Å². The van der Waals surface area contributed by atoms with E-state index in [1.165, 1.54) is 12.1 Å². The molecule has 0 atom stereocenters. The Balaban J connectivity index is 2.04. The molecule has 0 bridgehead atoms. The number of ether oxygens (including phenoxy) is 2. The second-order valence-electron chi connectivity index (χ2n) is 5.50. The number of benzene rings is 2. The molecule has 0 saturated heterocycles. The first-order chi connectivity index (χ1) is 13.4. The largest absolute Gasteiger partial charge is 0.461 e. The van der Waals surface area contributed by atoms with Gasteiger partial charge in [-0.2, -0.15) is 18.2 Å². The van der Waals surface area contributed by atoms with Crippen LogP contribution >= 0.6 is 0 Å². The van der Waals surface area contributed by atoms with Crippen molar-refractivity contribution in [2.45, 2.75) is 13.1 Å². The van der Waals surface area contributed by atoms with Gasteiger partial charge in [0, 0.05) is 5.56 Å². The van der Waals surface area contributed by atoms with Crippen molar-refractivity contribution in [3.05, 3.63) is 65.9 Å². The van der Waals surface area contributed by atoms with Crippen LogP contribution in [0.25, 0.3) is 11.4 Å². The minimum Gasteiger partial charge on any atom is -0.461 e. The Morgan fingerprint density at radius 2 is 1.79 bits per heavy atom. The topological polar surface area (TPSA) is 74.2 Å². The van der Waals surface area contributed by atoms with Crippen molar-refractivity contribution in [3.8, 4) is 23.0 Å². The van der Waals surface area contributed by atoms with Gasteiger partial charge in [-0.05, 0) is 31.2 Å². The average molecular weight is 389 g/mol. The number of nitrogens with zero attached hydrogens (tertiary/aromatic N) is 3. The van der Waals surface area contributed by atoms with Gasteiger partial charge in [0.25, 0.3) is 5.88 Å². The minimum absolute atomic E-state index is 0.0793. The van der Waals surface area contributed by atoms with Crippen molar-refractivity contribution < 1.29 is 27.4 Å². The molecule has 0 saturated carbocycles. The molecule has 3 aromatic rings. The average Bonchev–Trinajstić information content (AvgIpc) is 2.68. The molecule has 0 aliphatic heterocycles. The first-order valence-electron chi connectivity index (χ1n) is 8.21. The Morgan fingerprint density at radius 1 is 1.04 bits per heavy atom. The van der Waals surface area contributed by atoms with E-state index in [2.05, 4.69) is 15.2 Å². The lowest BCUT2D eigenvalue weighted by Gasteiger charge is -2.11. The number of hydrogen-bond donors (Lipinski definition) is 0. The summed E-state index contributed by atoms with van der Waals surface area (Å²) in [5.41, 5.74) is -1.05. The molecule has 1 heterocycles. The predicted molar refractivity (Wildman–Crippen MR) is 92.7 cm³/mol. The van der Waals surface area contributed by atoms with Gasteiger partial charge >= 0.3 is 12.1 Å². The molecule has 0 fully saturated rings. The number of alkyl halides is 3. The fourth-order valence-corrected chi connectivity index (χ4v) is 2.27. The van der Waals surface area contributed by atoms with Crippen molar-refractivity contribution in [2.75, 3.05) is 6.61 Å². The molecule has 3 rings (SSSR count). The van der Waals surface area contributed by atoms with Crippen LogP contribution in [0.3, 0.4) is 0 Å². The van der Waals surface area contributed by atoms with Crippen molar-refractivity contribution in [3.63, 3.8) is 0 Å². The number of para-hydroxylation sites is 1. The highest BCUT2D eigenvalue weighted by Gasteiger charge is 2.31. The molecule has 9 heteroatoms. The third kappa shape index (κ3) is 4.43. The number of hydrogen-bond acceptors (Lipinski definition) is 6. The standard InChI is InChI=1S/C19H14F3N3O3/c1-2-27-18(26)15-17(28-14-9-4-3-5-10-14)23-16(25-24-15)12-7-6-8-13(11-12)19(20,21)22/h3-11H,2H2,1H3. The first kappa shape index (κ1) is 19.3. The van der Waals surface area contributed by atoms with E-state index in [0.29, 0.717) is 5.75 Å². The van der Waals surface area contributed by atoms with E-state index in [0.717, 1.165) is 12.1 Å². The Hall–Kier alpha value is -3.49. The summed E-state index contributed by atoms with van der Waals surface area (Å²) >= 11 is 0. The molecular formula is C19H14F3N3O3. The van der Waals surface area contributed by atoms with Crippen LogP contribution in [-0.4, -0.2) is 27.8 Å². The summed E-state index contributed by atoms with van der Waals surface area (Å²) < 4.78 is 49.4. The molecule has 0 aliphatic rings. The monoisotopic (exact) mass is 389 g/mol. The van der Waals surface area contributed by atoms with Crippen molar-refractivity contribution in [2.24, 2.45) is 0 Å². The van der Waals surface area contributed by atoms with Gasteiger partial charge in [0.2, 0.25) is 5.69 Å². The van der Waals surface area contributed by atoms with Crippen LogP contribution in [0.2, 0.25) is 0 Å². The SMILES string of the molecule is CCOC(=O)c1nnc(-c2cccc(C(F)(F)F)c2)nc1Oc1ccccc1. The summed E-state index contributed by atoms with van der Waals surface area (Å²) in [5, 5.41) is 7.54. The van der Waals surface area contributed by atoms with Crippen LogP contribution in [0, 0.1) is 0 Å². The zero-order chi connectivity index (χ0) is 20.1. The highest BCUT2D eigenvalue weighted by Crippen LogP contribution is 2.32. The van der Waals surface area contributed by atoms with Crippen molar-refractivity contribution in [1.29, 1.82) is 0 Å². The number of carbonyl (C=O) groups excluding carboxylic acids is 1. The van der Waals surface area contributed by atoms with E-state index in [1.54, 1.807) is 37.3 Å². The van der Waals surface area contributed by atoms with Crippen LogP contribution in [0.15, 0.2) is 54.6 Å². The van der Waals surface area contributed by atoms with Crippen molar-refractivity contribution >= 4 is 5.97 Å². The molecule has 0 N–H and O–H groups in total. The highest BCUT2D eigenvalue weighted by atomic mass is 19.4. The number of rotatable bonds is 5. The zero-order valence-electron chi connectivity index (χ0n) is 14.6. The van der Waals surface area contributed by atoms with Crippen LogP contribution in [0.5, 0.6) is 11.6 Å². The van der Waals surface area contributed by atoms with Crippen LogP contribution in [0.1, 0.15) is 23.0 Å². The van der Waals surface area contributed by atoms with Gasteiger partial charge in [0.1, 0.15) is 5.75 Å². The lowest BCUT2D eigenvalue weighted by molar-refractivity contribution is -0.137. The van der Waals surface area contributed by atoms with E-state index in [-0.39, 0.29) is 29.6 Å². The lowest BCUT2D eigenvalue weighted by atomic mass is 10.1. The second-order valence-corrected chi connectivity index (χ2v) is 5.50. The Bertz CT molecular complexity index is 979. The highest BCUT2D eigenvalue weighted by molar-refractivity contribution is 5.89. The maximum Gasteiger partial charge on any atom is 0.416 e. The van der Waals surface area contributed by atoms with E-state index in [9.17, 15) is 18.0 Å². The number of halogens is 3. The minimum atomic E-state index is -4.52. The zero-order valence-corrected chi connectivity index (χ0v) is 14.6. The fraction of sp³-hybridized carbons (Fsp3) is 0.158. The third-order valence-electron chi connectivity index (χ3n) is 3.53. The molecule has 0 unspecified atom stereocenters. The number of carbonyl (C=O) groups is 1. The molecule has 6 nitrogen and oxygen atoms in total. The smallest absolute Gasteiger partial charge is 0.416 e. The maximum atomic E-state index is 13.0. The summed E-state index contributed by atoms with van der Waals surface area (Å²) in [6.45, 7) is 1.72. The molecule has 0 amide bonds. The van der Waals surface area contributed by atoms with E-state index < -0.39 is 17.7 Å². The maximum absolute atomic E-state index is 13.0. The van der Waals surface area contributed by atoms with E-state index in [4.69, 9.17) is 9.47 Å². The molecule has 0 radical (unpaired) electrons. The second kappa shape index (κ2) is 8.03. The molecule has 0 aliphatic carbocycles. The molecule has 1 aromatic heterocycles. The third-order valence-corrected chi connectivity index (χ3v) is 3.53. The quantitative estimate of drug-likeness (QED) is 0.597. The summed E-state index contributed by atoms with van der Waals surface area (Å²) in [6, 6.07) is 12.9. The Kier molecular flexibility index (Phi) is 5.53. The lowest BCUT2D eigenvalue weighted by Crippen LogP contribution is -2.12. The molecular weight excluding hydrogens is 375 g/mol. The summed E-state index contributed by atoms with van der Waals surface area (Å²) in [4.78, 5) is 16.2. The Labute approximate surface area is 158 Å². The summed E-state index contributed by atoms with van der Waals surface area (Å²) in [5.74, 6) is -0.773. The van der Waals surface area contributed by atoms with Gasteiger partial charge in [-0.3, -0.25) is 0 Å². The molecule has 144 valence electrons. The fourth-order valence-electron chi connectivity index (χ4n) is 2.27. The van der Waals surface area contributed by atoms with Crippen LogP contribution in [-0.2, 0) is 10.9 Å². The van der Waals surface area contributed by atoms with Crippen LogP contribution < -0.4 is 4.74 Å². The van der Waals surface area contributed by atoms with Gasteiger partial charge < -0.3 is 9.47 Å². The molecule has 0 spiro atoms. The van der Waals surface area contributed by atoms with E-state index >= 15 is 0 Å². The van der Waals surface area contributed by atoms with E-state index in [1.807, 2.05) is 0 Å². The normalized spacial score (nSPS) is 11.1. The van der Waals surface area contributed by atoms with Gasteiger partial charge in [0.05, 0.1) is 12.2 Å². The Morgan fingerprint density at radius 3 is 2.46 bits per heavy atom. The first-order valence-corrected chi connectivity index (χ1v) is 8.21. The predicted octanol–water partition coefficient (Wildman–Crippen LogP) is 4.53. The van der Waals surface area contributed by atoms with Gasteiger partial charge in [0.15, 0.2) is 5.82 Å². The summed E-state index contributed by atoms with van der Waals surface area (Å²) in [6.07, 6.45) is -4.52. The molecule has 2 aromatic carbocycles. The van der Waals surface area contributed by atoms with Gasteiger partial charge in [-0.1, -0.05) is 30.3 Å². The molecule has 28 heavy (non-hydrogen) atoms.